The molecule has 1 amide bonds. The summed E-state index contributed by atoms with van der Waals surface area (Å²) in [5.41, 5.74) is 3.05. The summed E-state index contributed by atoms with van der Waals surface area (Å²) in [4.78, 5) is 19.8. The fourth-order valence-electron chi connectivity index (χ4n) is 3.55. The second-order valence-corrected chi connectivity index (χ2v) is 6.94. The van der Waals surface area contributed by atoms with Gasteiger partial charge in [0, 0.05) is 30.1 Å². The highest BCUT2D eigenvalue weighted by atomic mass is 16.6. The van der Waals surface area contributed by atoms with Gasteiger partial charge in [0.05, 0.1) is 23.9 Å². The summed E-state index contributed by atoms with van der Waals surface area (Å²) in [5, 5.41) is 0.907. The normalized spacial score (nSPS) is 12.7. The quantitative estimate of drug-likeness (QED) is 0.657. The van der Waals surface area contributed by atoms with Crippen molar-refractivity contribution in [2.75, 3.05) is 26.9 Å². The molecule has 0 spiro atoms. The van der Waals surface area contributed by atoms with Gasteiger partial charge in [-0.3, -0.25) is 9.78 Å². The van der Waals surface area contributed by atoms with Crippen LogP contribution in [0.3, 0.4) is 0 Å². The number of pyridine rings is 1. The van der Waals surface area contributed by atoms with E-state index in [2.05, 4.69) is 4.98 Å². The number of hydrogen-bond donors (Lipinski definition) is 0. The molecule has 6 heteroatoms. The van der Waals surface area contributed by atoms with Crippen LogP contribution in [0.4, 0.5) is 0 Å². The van der Waals surface area contributed by atoms with Gasteiger partial charge >= 0.3 is 0 Å². The number of benzene rings is 2. The van der Waals surface area contributed by atoms with Crippen molar-refractivity contribution in [3.8, 4) is 17.2 Å². The van der Waals surface area contributed by atoms with Crippen molar-refractivity contribution in [3.63, 3.8) is 0 Å². The summed E-state index contributed by atoms with van der Waals surface area (Å²) in [6.07, 6.45) is 0. The average molecular weight is 392 g/mol. The van der Waals surface area contributed by atoms with Gasteiger partial charge in [-0.15, -0.1) is 0 Å². The average Bonchev–Trinajstić information content (AvgIpc) is 2.76. The maximum Gasteiger partial charge on any atom is 0.256 e. The lowest BCUT2D eigenvalue weighted by Crippen LogP contribution is -2.31. The second kappa shape index (κ2) is 7.99. The number of fused-ring (bicyclic) bond motifs is 2. The van der Waals surface area contributed by atoms with Crippen molar-refractivity contribution < 1.29 is 19.0 Å². The van der Waals surface area contributed by atoms with Gasteiger partial charge in [-0.25, -0.2) is 0 Å². The molecule has 1 aromatic heterocycles. The Morgan fingerprint density at radius 2 is 2.00 bits per heavy atom. The summed E-state index contributed by atoms with van der Waals surface area (Å²) in [6.45, 7) is 5.91. The van der Waals surface area contributed by atoms with Crippen LogP contribution in [0.1, 0.15) is 28.5 Å². The number of ether oxygens (including phenoxy) is 3. The van der Waals surface area contributed by atoms with E-state index in [0.717, 1.165) is 33.7 Å². The maximum absolute atomic E-state index is 13.3. The number of hydrogen-bond acceptors (Lipinski definition) is 5. The van der Waals surface area contributed by atoms with Gasteiger partial charge in [-0.2, -0.15) is 0 Å². The Morgan fingerprint density at radius 1 is 1.17 bits per heavy atom. The minimum atomic E-state index is -0.0513. The zero-order chi connectivity index (χ0) is 20.4. The number of carbonyl (C=O) groups excluding carboxylic acids is 1. The molecule has 150 valence electrons. The van der Waals surface area contributed by atoms with Crippen LogP contribution in [0.2, 0.25) is 0 Å². The van der Waals surface area contributed by atoms with E-state index >= 15 is 0 Å². The van der Waals surface area contributed by atoms with Crippen LogP contribution < -0.4 is 14.2 Å². The minimum Gasteiger partial charge on any atom is -0.497 e. The molecule has 2 aromatic carbocycles. The fourth-order valence-corrected chi connectivity index (χ4v) is 3.55. The molecule has 6 nitrogen and oxygen atoms in total. The van der Waals surface area contributed by atoms with Gasteiger partial charge in [0.2, 0.25) is 0 Å². The van der Waals surface area contributed by atoms with Crippen molar-refractivity contribution in [2.45, 2.75) is 20.4 Å². The number of aryl methyl sites for hydroxylation is 1. The summed E-state index contributed by atoms with van der Waals surface area (Å²) in [7, 11) is 1.63. The van der Waals surface area contributed by atoms with Crippen LogP contribution in [0, 0.1) is 6.92 Å². The minimum absolute atomic E-state index is 0.0513. The zero-order valence-corrected chi connectivity index (χ0v) is 16.9. The molecule has 2 heterocycles. The molecule has 0 bridgehead atoms. The first kappa shape index (κ1) is 19.1. The Balaban J connectivity index is 1.65. The standard InChI is InChI=1S/C23H24N2O4/c1-4-25(14-17-6-5-7-21-22(17)29-11-10-28-21)23(26)19-12-16-8-9-18(27-3)13-20(16)24-15(19)2/h5-9,12-13H,4,10-11,14H2,1-3H3. The van der Waals surface area contributed by atoms with E-state index in [1.165, 1.54) is 0 Å². The molecule has 3 aromatic rings. The molecule has 4 rings (SSSR count). The second-order valence-electron chi connectivity index (χ2n) is 6.94. The first-order chi connectivity index (χ1) is 14.1. The largest absolute Gasteiger partial charge is 0.497 e. The van der Waals surface area contributed by atoms with Gasteiger partial charge in [0.25, 0.3) is 5.91 Å². The SMILES string of the molecule is CCN(Cc1cccc2c1OCCO2)C(=O)c1cc2ccc(OC)cc2nc1C. The monoisotopic (exact) mass is 392 g/mol. The van der Waals surface area contributed by atoms with Crippen LogP contribution in [0.15, 0.2) is 42.5 Å². The first-order valence-electron chi connectivity index (χ1n) is 9.73. The molecular formula is C23H24N2O4. The Labute approximate surface area is 170 Å². The molecule has 0 N–H and O–H groups in total. The van der Waals surface area contributed by atoms with Crippen molar-refractivity contribution in [1.82, 2.24) is 9.88 Å². The van der Waals surface area contributed by atoms with Crippen molar-refractivity contribution in [2.24, 2.45) is 0 Å². The van der Waals surface area contributed by atoms with Gasteiger partial charge in [0.15, 0.2) is 11.5 Å². The molecular weight excluding hydrogens is 368 g/mol. The Morgan fingerprint density at radius 3 is 2.79 bits per heavy atom. The topological polar surface area (TPSA) is 60.9 Å². The van der Waals surface area contributed by atoms with Crippen LogP contribution >= 0.6 is 0 Å². The van der Waals surface area contributed by atoms with E-state index < -0.39 is 0 Å². The van der Waals surface area contributed by atoms with E-state index in [0.29, 0.717) is 37.6 Å². The fraction of sp³-hybridized carbons (Fsp3) is 0.304. The molecule has 0 radical (unpaired) electrons. The highest BCUT2D eigenvalue weighted by Gasteiger charge is 2.22. The lowest BCUT2D eigenvalue weighted by atomic mass is 10.1. The third kappa shape index (κ3) is 3.70. The Bertz CT molecular complexity index is 1060. The lowest BCUT2D eigenvalue weighted by molar-refractivity contribution is 0.0748. The molecule has 0 saturated carbocycles. The number of para-hydroxylation sites is 1. The highest BCUT2D eigenvalue weighted by molar-refractivity contribution is 5.98. The summed E-state index contributed by atoms with van der Waals surface area (Å²) < 4.78 is 16.7. The van der Waals surface area contributed by atoms with Crippen LogP contribution in [0.25, 0.3) is 10.9 Å². The van der Waals surface area contributed by atoms with E-state index in [9.17, 15) is 4.79 Å². The van der Waals surface area contributed by atoms with Gasteiger partial charge < -0.3 is 19.1 Å². The third-order valence-corrected chi connectivity index (χ3v) is 5.12. The van der Waals surface area contributed by atoms with Gasteiger partial charge in [-0.1, -0.05) is 12.1 Å². The molecule has 29 heavy (non-hydrogen) atoms. The Hall–Kier alpha value is -3.28. The van der Waals surface area contributed by atoms with E-state index in [4.69, 9.17) is 14.2 Å². The van der Waals surface area contributed by atoms with E-state index in [-0.39, 0.29) is 5.91 Å². The maximum atomic E-state index is 13.3. The van der Waals surface area contributed by atoms with Crippen molar-refractivity contribution in [3.05, 3.63) is 59.3 Å². The van der Waals surface area contributed by atoms with Crippen LogP contribution in [-0.4, -0.2) is 42.7 Å². The third-order valence-electron chi connectivity index (χ3n) is 5.12. The van der Waals surface area contributed by atoms with Gasteiger partial charge in [0.1, 0.15) is 19.0 Å². The van der Waals surface area contributed by atoms with E-state index in [1.54, 1.807) is 12.0 Å². The highest BCUT2D eigenvalue weighted by Crippen LogP contribution is 2.34. The van der Waals surface area contributed by atoms with Crippen LogP contribution in [0.5, 0.6) is 17.2 Å². The van der Waals surface area contributed by atoms with Crippen molar-refractivity contribution in [1.29, 1.82) is 0 Å². The Kier molecular flexibility index (Phi) is 5.25. The molecule has 1 aliphatic heterocycles. The molecule has 0 unspecified atom stereocenters. The van der Waals surface area contributed by atoms with Crippen molar-refractivity contribution >= 4 is 16.8 Å². The number of nitrogens with zero attached hydrogens (tertiary/aromatic N) is 2. The predicted molar refractivity (Wildman–Crippen MR) is 111 cm³/mol. The number of carbonyl (C=O) groups is 1. The molecule has 0 aliphatic carbocycles. The van der Waals surface area contributed by atoms with Gasteiger partial charge in [-0.05, 0) is 38.1 Å². The summed E-state index contributed by atoms with van der Waals surface area (Å²) in [6, 6.07) is 13.4. The number of aromatic nitrogens is 1. The number of methoxy groups -OCH3 is 1. The molecule has 0 saturated heterocycles. The first-order valence-corrected chi connectivity index (χ1v) is 9.73. The van der Waals surface area contributed by atoms with E-state index in [1.807, 2.05) is 56.3 Å². The molecule has 0 atom stereocenters. The zero-order valence-electron chi connectivity index (χ0n) is 16.9. The lowest BCUT2D eigenvalue weighted by Gasteiger charge is -2.26. The number of rotatable bonds is 5. The predicted octanol–water partition coefficient (Wildman–Crippen LogP) is 3.99. The smallest absolute Gasteiger partial charge is 0.256 e. The molecule has 0 fully saturated rings. The molecule has 1 aliphatic rings. The van der Waals surface area contributed by atoms with Crippen LogP contribution in [-0.2, 0) is 6.54 Å². The summed E-state index contributed by atoms with van der Waals surface area (Å²) >= 11 is 0. The summed E-state index contributed by atoms with van der Waals surface area (Å²) in [5.74, 6) is 2.15. The number of amides is 1.